The fourth-order valence-electron chi connectivity index (χ4n) is 5.56. The summed E-state index contributed by atoms with van der Waals surface area (Å²) in [6.45, 7) is 5.40. The Morgan fingerprint density at radius 3 is 2.20 bits per heavy atom. The van der Waals surface area contributed by atoms with Crippen molar-refractivity contribution in [3.05, 3.63) is 138 Å². The molecule has 0 bridgehead atoms. The lowest BCUT2D eigenvalue weighted by molar-refractivity contribution is -0.142. The monoisotopic (exact) mass is 603 g/mol. The van der Waals surface area contributed by atoms with Crippen LogP contribution >= 0.6 is 0 Å². The zero-order valence-corrected chi connectivity index (χ0v) is 25.6. The van der Waals surface area contributed by atoms with Gasteiger partial charge in [-0.3, -0.25) is 4.79 Å². The number of hydrogen-bond donors (Lipinski definition) is 1. The van der Waals surface area contributed by atoms with Gasteiger partial charge in [0.1, 0.15) is 11.3 Å². The summed E-state index contributed by atoms with van der Waals surface area (Å²) in [5.74, 6) is -0.334. The quantitative estimate of drug-likeness (QED) is 0.180. The molecule has 0 aliphatic carbocycles. The topological polar surface area (TPSA) is 87.8 Å². The van der Waals surface area contributed by atoms with E-state index in [1.165, 1.54) is 4.31 Å². The highest BCUT2D eigenvalue weighted by Crippen LogP contribution is 2.33. The van der Waals surface area contributed by atoms with E-state index in [0.29, 0.717) is 32.8 Å². The van der Waals surface area contributed by atoms with Crippen LogP contribution in [-0.4, -0.2) is 23.8 Å². The summed E-state index contributed by atoms with van der Waals surface area (Å²) >= 11 is 0. The van der Waals surface area contributed by atoms with E-state index in [0.717, 1.165) is 27.5 Å². The van der Waals surface area contributed by atoms with Crippen LogP contribution in [0.5, 0.6) is 0 Å². The van der Waals surface area contributed by atoms with Crippen molar-refractivity contribution in [1.29, 1.82) is 0 Å². The fourth-order valence-corrected chi connectivity index (χ4v) is 7.37. The molecule has 0 spiro atoms. The first-order chi connectivity index (χ1) is 21.0. The zero-order chi connectivity index (χ0) is 31.1. The first-order valence-electron chi connectivity index (χ1n) is 14.4. The summed E-state index contributed by atoms with van der Waals surface area (Å²) in [5.41, 5.74) is 3.68. The molecule has 0 aliphatic rings. The number of benzene rings is 5. The molecule has 0 radical (unpaired) electrons. The summed E-state index contributed by atoms with van der Waals surface area (Å²) in [7, 11) is -3.97. The van der Waals surface area contributed by atoms with E-state index < -0.39 is 21.4 Å². The Balaban J connectivity index is 1.37. The molecule has 0 amide bonds. The second kappa shape index (κ2) is 11.4. The van der Waals surface area contributed by atoms with Gasteiger partial charge in [-0.25, -0.2) is 8.42 Å². The molecule has 0 unspecified atom stereocenters. The van der Waals surface area contributed by atoms with Crippen LogP contribution in [0.1, 0.15) is 36.3 Å². The van der Waals surface area contributed by atoms with E-state index in [-0.39, 0.29) is 13.1 Å². The molecular weight excluding hydrogens is 570 g/mol. The number of nitrogens with zero attached hydrogens (tertiary/aromatic N) is 1. The van der Waals surface area contributed by atoms with E-state index in [4.69, 9.17) is 4.42 Å². The molecule has 1 aromatic heterocycles. The van der Waals surface area contributed by atoms with Gasteiger partial charge >= 0.3 is 5.97 Å². The molecule has 6 nitrogen and oxygen atoms in total. The van der Waals surface area contributed by atoms with E-state index >= 15 is 0 Å². The Morgan fingerprint density at radius 1 is 0.773 bits per heavy atom. The molecule has 1 N–H and O–H groups in total. The number of carboxylic acid groups (broad SMARTS) is 1. The minimum absolute atomic E-state index is 0.0632. The van der Waals surface area contributed by atoms with Crippen molar-refractivity contribution in [3.63, 3.8) is 0 Å². The van der Waals surface area contributed by atoms with Crippen LogP contribution in [0.2, 0.25) is 0 Å². The number of furan rings is 1. The Hall–Kier alpha value is -4.72. The summed E-state index contributed by atoms with van der Waals surface area (Å²) < 4.78 is 36.6. The van der Waals surface area contributed by atoms with Crippen molar-refractivity contribution in [1.82, 2.24) is 4.31 Å². The number of fused-ring (bicyclic) bond motifs is 2. The molecule has 222 valence electrons. The van der Waals surface area contributed by atoms with Gasteiger partial charge in [0.15, 0.2) is 0 Å². The van der Waals surface area contributed by atoms with E-state index in [2.05, 4.69) is 0 Å². The number of carbonyl (C=O) groups is 1. The van der Waals surface area contributed by atoms with E-state index in [1.54, 1.807) is 13.8 Å². The number of carboxylic acids is 1. The van der Waals surface area contributed by atoms with E-state index in [9.17, 15) is 18.3 Å². The first kappa shape index (κ1) is 29.4. The van der Waals surface area contributed by atoms with Crippen molar-refractivity contribution >= 4 is 37.7 Å². The number of sulfonamides is 1. The normalized spacial score (nSPS) is 12.3. The summed E-state index contributed by atoms with van der Waals surface area (Å²) in [6.07, 6.45) is 0. The Bertz CT molecular complexity index is 2080. The van der Waals surface area contributed by atoms with Gasteiger partial charge in [-0.2, -0.15) is 4.31 Å². The SMILES string of the molecule is Cc1ccc2ccccc2c1S(=O)(=O)N(Cc1ccc(-c2cccc(C(C)(C)C(=O)O)c2)cc1)Cc1cc2ccccc2o1. The number of para-hydroxylation sites is 1. The minimum atomic E-state index is -3.97. The predicted octanol–water partition coefficient (Wildman–Crippen LogP) is 8.31. The van der Waals surface area contributed by atoms with Crippen LogP contribution in [-0.2, 0) is 33.3 Å². The van der Waals surface area contributed by atoms with Gasteiger partial charge in [0.2, 0.25) is 10.0 Å². The van der Waals surface area contributed by atoms with Crippen molar-refractivity contribution in [2.75, 3.05) is 0 Å². The number of aryl methyl sites for hydroxylation is 1. The molecule has 7 heteroatoms. The zero-order valence-electron chi connectivity index (χ0n) is 24.8. The largest absolute Gasteiger partial charge is 0.481 e. The van der Waals surface area contributed by atoms with Gasteiger partial charge in [-0.05, 0) is 66.1 Å². The lowest BCUT2D eigenvalue weighted by Gasteiger charge is -2.24. The highest BCUT2D eigenvalue weighted by Gasteiger charge is 2.31. The number of rotatable bonds is 9. The van der Waals surface area contributed by atoms with Gasteiger partial charge in [0.25, 0.3) is 0 Å². The highest BCUT2D eigenvalue weighted by atomic mass is 32.2. The molecule has 44 heavy (non-hydrogen) atoms. The summed E-state index contributed by atoms with van der Waals surface area (Å²) in [6, 6.07) is 36.1. The molecule has 6 rings (SSSR count). The van der Waals surface area contributed by atoms with Crippen LogP contribution in [0.4, 0.5) is 0 Å². The van der Waals surface area contributed by atoms with Gasteiger partial charge in [-0.1, -0.05) is 103 Å². The van der Waals surface area contributed by atoms with Crippen molar-refractivity contribution in [3.8, 4) is 11.1 Å². The summed E-state index contributed by atoms with van der Waals surface area (Å²) in [4.78, 5) is 12.1. The third kappa shape index (κ3) is 5.52. The van der Waals surface area contributed by atoms with Crippen molar-refractivity contribution in [2.45, 2.75) is 44.2 Å². The van der Waals surface area contributed by atoms with Crippen LogP contribution in [0, 0.1) is 6.92 Å². The lowest BCUT2D eigenvalue weighted by Crippen LogP contribution is -2.31. The highest BCUT2D eigenvalue weighted by molar-refractivity contribution is 7.89. The van der Waals surface area contributed by atoms with E-state index in [1.807, 2.05) is 122 Å². The molecular formula is C37H33NO5S. The third-order valence-corrected chi connectivity index (χ3v) is 10.2. The maximum absolute atomic E-state index is 14.5. The lowest BCUT2D eigenvalue weighted by atomic mass is 9.83. The van der Waals surface area contributed by atoms with Crippen molar-refractivity contribution < 1.29 is 22.7 Å². The smallest absolute Gasteiger partial charge is 0.313 e. The Kier molecular flexibility index (Phi) is 7.61. The van der Waals surface area contributed by atoms with Gasteiger partial charge in [0, 0.05) is 17.3 Å². The number of aliphatic carboxylic acids is 1. The average Bonchev–Trinajstić information content (AvgIpc) is 3.43. The van der Waals surface area contributed by atoms with Crippen LogP contribution in [0.25, 0.3) is 32.9 Å². The number of hydrogen-bond acceptors (Lipinski definition) is 4. The molecule has 0 saturated heterocycles. The third-order valence-electron chi connectivity index (χ3n) is 8.25. The standard InChI is InChI=1S/C37H33NO5S/c1-25-15-18-28-9-4-6-13-33(28)35(25)44(41,42)38(24-32-22-30-10-5-7-14-34(30)43-32)23-26-16-19-27(20-17-26)29-11-8-12-31(21-29)37(2,3)36(39)40/h4-22H,23-24H2,1-3H3,(H,39,40). The van der Waals surface area contributed by atoms with Crippen LogP contribution in [0.15, 0.2) is 125 Å². The molecule has 0 atom stereocenters. The molecule has 0 saturated carbocycles. The fraction of sp³-hybridized carbons (Fsp3) is 0.162. The second-order valence-electron chi connectivity index (χ2n) is 11.7. The minimum Gasteiger partial charge on any atom is -0.481 e. The molecule has 0 aliphatic heterocycles. The maximum atomic E-state index is 14.5. The molecule has 1 heterocycles. The second-order valence-corrected chi connectivity index (χ2v) is 13.5. The Morgan fingerprint density at radius 2 is 1.48 bits per heavy atom. The maximum Gasteiger partial charge on any atom is 0.313 e. The average molecular weight is 604 g/mol. The van der Waals surface area contributed by atoms with Crippen molar-refractivity contribution in [2.24, 2.45) is 0 Å². The molecule has 0 fully saturated rings. The predicted molar refractivity (Wildman–Crippen MR) is 174 cm³/mol. The van der Waals surface area contributed by atoms with Gasteiger partial charge in [-0.15, -0.1) is 0 Å². The van der Waals surface area contributed by atoms with Gasteiger partial charge < -0.3 is 9.52 Å². The van der Waals surface area contributed by atoms with Crippen LogP contribution < -0.4 is 0 Å². The van der Waals surface area contributed by atoms with Gasteiger partial charge in [0.05, 0.1) is 16.9 Å². The first-order valence-corrected chi connectivity index (χ1v) is 15.9. The molecule has 6 aromatic rings. The summed E-state index contributed by atoms with van der Waals surface area (Å²) in [5, 5.41) is 12.1. The molecule has 5 aromatic carbocycles. The Labute approximate surface area is 257 Å². The van der Waals surface area contributed by atoms with Crippen LogP contribution in [0.3, 0.4) is 0 Å².